The predicted molar refractivity (Wildman–Crippen MR) is 86.4 cm³/mol. The number of fused-ring (bicyclic) bond motifs is 1. The van der Waals surface area contributed by atoms with E-state index in [4.69, 9.17) is 4.74 Å². The van der Waals surface area contributed by atoms with Gasteiger partial charge in [-0.3, -0.25) is 9.69 Å². The largest absolute Gasteiger partial charge is 0.461 e. The molecule has 0 radical (unpaired) electrons. The molecule has 120 valence electrons. The predicted octanol–water partition coefficient (Wildman–Crippen LogP) is 3.10. The van der Waals surface area contributed by atoms with E-state index < -0.39 is 0 Å². The van der Waals surface area contributed by atoms with E-state index in [1.54, 1.807) is 0 Å². The Labute approximate surface area is 133 Å². The molecule has 0 saturated carbocycles. The van der Waals surface area contributed by atoms with Gasteiger partial charge in [0.1, 0.15) is 18.0 Å². The zero-order valence-corrected chi connectivity index (χ0v) is 13.0. The van der Waals surface area contributed by atoms with Crippen LogP contribution in [0.15, 0.2) is 30.5 Å². The summed E-state index contributed by atoms with van der Waals surface area (Å²) in [6.07, 6.45) is 5.78. The Morgan fingerprint density at radius 3 is 2.96 bits per heavy atom. The van der Waals surface area contributed by atoms with Crippen LogP contribution in [0.5, 0.6) is 0 Å². The highest BCUT2D eigenvalue weighted by molar-refractivity contribution is 5.92. The Kier molecular flexibility index (Phi) is 3.45. The molecule has 0 bridgehead atoms. The molecule has 0 amide bonds. The van der Waals surface area contributed by atoms with Gasteiger partial charge in [-0.2, -0.15) is 0 Å². The minimum atomic E-state index is -0.233. The van der Waals surface area contributed by atoms with E-state index >= 15 is 0 Å². The molecule has 3 heterocycles. The molecule has 1 saturated heterocycles. The SMILES string of the molecule is CC1CC(N2CC=C(c3c[nH]c4cc(F)ccc34)CC2)C(=O)O1. The Bertz CT molecular complexity index is 795. The average molecular weight is 314 g/mol. The molecule has 4 rings (SSSR count). The summed E-state index contributed by atoms with van der Waals surface area (Å²) in [5.41, 5.74) is 3.19. The van der Waals surface area contributed by atoms with Crippen molar-refractivity contribution in [1.82, 2.24) is 9.88 Å². The first kappa shape index (κ1) is 14.5. The van der Waals surface area contributed by atoms with Gasteiger partial charge in [0.25, 0.3) is 0 Å². The van der Waals surface area contributed by atoms with Crippen LogP contribution in [0.1, 0.15) is 25.3 Å². The molecule has 2 unspecified atom stereocenters. The van der Waals surface area contributed by atoms with Gasteiger partial charge in [-0.25, -0.2) is 4.39 Å². The van der Waals surface area contributed by atoms with Crippen LogP contribution in [-0.2, 0) is 9.53 Å². The van der Waals surface area contributed by atoms with Crippen molar-refractivity contribution >= 4 is 22.4 Å². The van der Waals surface area contributed by atoms with Crippen LogP contribution in [0.3, 0.4) is 0 Å². The number of nitrogens with one attached hydrogen (secondary N) is 1. The number of carbonyl (C=O) groups excluding carboxylic acids is 1. The van der Waals surface area contributed by atoms with Crippen LogP contribution < -0.4 is 0 Å². The summed E-state index contributed by atoms with van der Waals surface area (Å²) in [7, 11) is 0. The van der Waals surface area contributed by atoms with Crippen molar-refractivity contribution in [3.8, 4) is 0 Å². The number of halogens is 1. The summed E-state index contributed by atoms with van der Waals surface area (Å²) in [5.74, 6) is -0.333. The van der Waals surface area contributed by atoms with Crippen molar-refractivity contribution in [2.75, 3.05) is 13.1 Å². The average Bonchev–Trinajstić information content (AvgIpc) is 3.10. The molecule has 2 aliphatic heterocycles. The maximum absolute atomic E-state index is 13.3. The summed E-state index contributed by atoms with van der Waals surface area (Å²) in [6, 6.07) is 4.72. The molecule has 1 aromatic heterocycles. The normalized spacial score (nSPS) is 25.7. The molecule has 0 aliphatic carbocycles. The molecule has 0 spiro atoms. The maximum Gasteiger partial charge on any atom is 0.323 e. The first-order valence-electron chi connectivity index (χ1n) is 8.02. The van der Waals surface area contributed by atoms with Gasteiger partial charge in [0.2, 0.25) is 0 Å². The van der Waals surface area contributed by atoms with E-state index in [2.05, 4.69) is 16.0 Å². The van der Waals surface area contributed by atoms with Crippen LogP contribution in [0.25, 0.3) is 16.5 Å². The summed E-state index contributed by atoms with van der Waals surface area (Å²) < 4.78 is 18.5. The number of hydrogen-bond donors (Lipinski definition) is 1. The third-order valence-corrected chi connectivity index (χ3v) is 4.82. The summed E-state index contributed by atoms with van der Waals surface area (Å²) in [6.45, 7) is 3.52. The second kappa shape index (κ2) is 5.49. The van der Waals surface area contributed by atoms with Gasteiger partial charge < -0.3 is 9.72 Å². The van der Waals surface area contributed by atoms with E-state index in [-0.39, 0.29) is 23.9 Å². The van der Waals surface area contributed by atoms with E-state index in [0.717, 1.165) is 42.4 Å². The first-order valence-corrected chi connectivity index (χ1v) is 8.02. The maximum atomic E-state index is 13.3. The van der Waals surface area contributed by atoms with Crippen molar-refractivity contribution in [2.45, 2.75) is 31.9 Å². The van der Waals surface area contributed by atoms with Crippen LogP contribution in [0, 0.1) is 5.82 Å². The lowest BCUT2D eigenvalue weighted by Gasteiger charge is -2.29. The van der Waals surface area contributed by atoms with Crippen LogP contribution >= 0.6 is 0 Å². The van der Waals surface area contributed by atoms with Crippen molar-refractivity contribution in [3.63, 3.8) is 0 Å². The van der Waals surface area contributed by atoms with Crippen LogP contribution in [-0.4, -0.2) is 41.1 Å². The van der Waals surface area contributed by atoms with Gasteiger partial charge >= 0.3 is 5.97 Å². The molecule has 2 aromatic rings. The second-order valence-corrected chi connectivity index (χ2v) is 6.37. The number of H-pyrrole nitrogens is 1. The summed E-state index contributed by atoms with van der Waals surface area (Å²) >= 11 is 0. The minimum absolute atomic E-state index is 0.0152. The number of carbonyl (C=O) groups is 1. The second-order valence-electron chi connectivity index (χ2n) is 6.37. The number of nitrogens with zero attached hydrogens (tertiary/aromatic N) is 1. The molecular formula is C18H19FN2O2. The number of benzene rings is 1. The highest BCUT2D eigenvalue weighted by Gasteiger charge is 2.36. The molecule has 1 aromatic carbocycles. The standard InChI is InChI=1S/C18H19FN2O2/c1-11-8-17(18(22)23-11)21-6-4-12(5-7-21)15-10-20-16-9-13(19)2-3-14(15)16/h2-4,9-11,17,20H,5-8H2,1H3. The molecule has 4 nitrogen and oxygen atoms in total. The fourth-order valence-corrected chi connectivity index (χ4v) is 3.61. The quantitative estimate of drug-likeness (QED) is 0.866. The lowest BCUT2D eigenvalue weighted by atomic mass is 9.97. The lowest BCUT2D eigenvalue weighted by molar-refractivity contribution is -0.144. The molecular weight excluding hydrogens is 295 g/mol. The third-order valence-electron chi connectivity index (χ3n) is 4.82. The van der Waals surface area contributed by atoms with Gasteiger partial charge in [0.15, 0.2) is 0 Å². The van der Waals surface area contributed by atoms with Gasteiger partial charge in [-0.15, -0.1) is 0 Å². The Hall–Kier alpha value is -2.14. The van der Waals surface area contributed by atoms with Crippen molar-refractivity contribution in [2.24, 2.45) is 0 Å². The van der Waals surface area contributed by atoms with Crippen molar-refractivity contribution in [3.05, 3.63) is 41.9 Å². The topological polar surface area (TPSA) is 45.3 Å². The van der Waals surface area contributed by atoms with E-state index in [9.17, 15) is 9.18 Å². The van der Waals surface area contributed by atoms with Crippen molar-refractivity contribution in [1.29, 1.82) is 0 Å². The van der Waals surface area contributed by atoms with Gasteiger partial charge in [0, 0.05) is 42.2 Å². The Balaban J connectivity index is 1.56. The number of aromatic nitrogens is 1. The monoisotopic (exact) mass is 314 g/mol. The Morgan fingerprint density at radius 1 is 1.39 bits per heavy atom. The molecule has 2 atom stereocenters. The molecule has 2 aliphatic rings. The number of ether oxygens (including phenoxy) is 1. The summed E-state index contributed by atoms with van der Waals surface area (Å²) in [5, 5.41) is 1.04. The van der Waals surface area contributed by atoms with Crippen LogP contribution in [0.2, 0.25) is 0 Å². The lowest BCUT2D eigenvalue weighted by Crippen LogP contribution is -2.41. The first-order chi connectivity index (χ1) is 11.1. The number of aromatic amines is 1. The van der Waals surface area contributed by atoms with E-state index in [0.29, 0.717) is 0 Å². The third kappa shape index (κ3) is 2.55. The number of rotatable bonds is 2. The molecule has 1 N–H and O–H groups in total. The zero-order chi connectivity index (χ0) is 16.0. The number of esters is 1. The molecule has 5 heteroatoms. The van der Waals surface area contributed by atoms with Crippen molar-refractivity contribution < 1.29 is 13.9 Å². The minimum Gasteiger partial charge on any atom is -0.461 e. The molecule has 23 heavy (non-hydrogen) atoms. The number of hydrogen-bond acceptors (Lipinski definition) is 3. The van der Waals surface area contributed by atoms with Gasteiger partial charge in [-0.1, -0.05) is 6.08 Å². The Morgan fingerprint density at radius 2 is 2.26 bits per heavy atom. The van der Waals surface area contributed by atoms with Crippen LogP contribution in [0.4, 0.5) is 4.39 Å². The fourth-order valence-electron chi connectivity index (χ4n) is 3.61. The van der Waals surface area contributed by atoms with Gasteiger partial charge in [-0.05, 0) is 37.1 Å². The fraction of sp³-hybridized carbons (Fsp3) is 0.389. The van der Waals surface area contributed by atoms with E-state index in [1.807, 2.05) is 19.2 Å². The smallest absolute Gasteiger partial charge is 0.323 e. The zero-order valence-electron chi connectivity index (χ0n) is 13.0. The summed E-state index contributed by atoms with van der Waals surface area (Å²) in [4.78, 5) is 17.2. The van der Waals surface area contributed by atoms with Gasteiger partial charge in [0.05, 0.1) is 0 Å². The highest BCUT2D eigenvalue weighted by Crippen LogP contribution is 2.31. The molecule has 1 fully saturated rings. The highest BCUT2D eigenvalue weighted by atomic mass is 19.1. The number of cyclic esters (lactones) is 1. The van der Waals surface area contributed by atoms with E-state index in [1.165, 1.54) is 17.7 Å².